The third-order valence-electron chi connectivity index (χ3n) is 4.32. The molecule has 31 heavy (non-hydrogen) atoms. The van der Waals surface area contributed by atoms with Crippen LogP contribution >= 0.6 is 0 Å². The van der Waals surface area contributed by atoms with E-state index in [1.165, 1.54) is 24.4 Å². The zero-order chi connectivity index (χ0) is 23.0. The summed E-state index contributed by atoms with van der Waals surface area (Å²) in [5.41, 5.74) is 0.00912. The second-order valence-corrected chi connectivity index (χ2v) is 10.4. The molecule has 0 radical (unpaired) electrons. The van der Waals surface area contributed by atoms with Gasteiger partial charge in [-0.1, -0.05) is 32.9 Å². The highest BCUT2D eigenvalue weighted by Crippen LogP contribution is 2.29. The molecule has 9 heteroatoms. The highest BCUT2D eigenvalue weighted by Gasteiger charge is 2.20. The van der Waals surface area contributed by atoms with E-state index < -0.39 is 27.0 Å². The third kappa shape index (κ3) is 5.16. The zero-order valence-corrected chi connectivity index (χ0v) is 18.3. The normalized spacial score (nSPS) is 12.1. The fourth-order valence-electron chi connectivity index (χ4n) is 2.75. The highest BCUT2D eigenvalue weighted by molar-refractivity contribution is 7.90. The maximum atomic E-state index is 13.7. The number of hydrogen-bond acceptors (Lipinski definition) is 5. The van der Waals surface area contributed by atoms with Crippen LogP contribution < -0.4 is 10.3 Å². The van der Waals surface area contributed by atoms with Crippen LogP contribution in [-0.4, -0.2) is 31.1 Å². The lowest BCUT2D eigenvalue weighted by Gasteiger charge is -2.20. The Hall–Kier alpha value is -3.07. The minimum atomic E-state index is -3.38. The maximum absolute atomic E-state index is 13.7. The molecule has 6 nitrogen and oxygen atoms in total. The summed E-state index contributed by atoms with van der Waals surface area (Å²) >= 11 is 0. The zero-order valence-electron chi connectivity index (χ0n) is 17.5. The number of sulfone groups is 1. The Balaban J connectivity index is 2.15. The molecule has 0 atom stereocenters. The predicted molar refractivity (Wildman–Crippen MR) is 113 cm³/mol. The van der Waals surface area contributed by atoms with Gasteiger partial charge in [-0.3, -0.25) is 4.79 Å². The Morgan fingerprint density at radius 3 is 2.23 bits per heavy atom. The molecule has 0 aliphatic rings. The molecule has 0 bridgehead atoms. The average Bonchev–Trinajstić information content (AvgIpc) is 2.68. The van der Waals surface area contributed by atoms with Crippen molar-refractivity contribution < 1.29 is 21.9 Å². The van der Waals surface area contributed by atoms with Crippen molar-refractivity contribution in [3.8, 4) is 22.6 Å². The van der Waals surface area contributed by atoms with Crippen molar-refractivity contribution >= 4 is 9.84 Å². The molecule has 0 fully saturated rings. The molecule has 0 saturated carbocycles. The monoisotopic (exact) mass is 448 g/mol. The fourth-order valence-corrected chi connectivity index (χ4v) is 3.38. The molecular weight excluding hydrogens is 426 g/mol. The lowest BCUT2D eigenvalue weighted by atomic mass is 9.98. The number of aromatic nitrogens is 2. The van der Waals surface area contributed by atoms with E-state index in [2.05, 4.69) is 5.10 Å². The van der Waals surface area contributed by atoms with Crippen molar-refractivity contribution in [2.45, 2.75) is 25.7 Å². The van der Waals surface area contributed by atoms with Gasteiger partial charge < -0.3 is 4.74 Å². The Bertz CT molecular complexity index is 1280. The molecule has 0 saturated heterocycles. The first-order valence-corrected chi connectivity index (χ1v) is 11.3. The molecule has 1 heterocycles. The van der Waals surface area contributed by atoms with Gasteiger partial charge in [-0.25, -0.2) is 17.2 Å². The molecule has 0 amide bonds. The minimum absolute atomic E-state index is 0.0261. The Morgan fingerprint density at radius 2 is 1.68 bits per heavy atom. The van der Waals surface area contributed by atoms with Crippen LogP contribution in [0.4, 0.5) is 8.78 Å². The number of nitrogens with zero attached hydrogens (tertiary/aromatic N) is 2. The molecule has 1 aromatic heterocycles. The highest BCUT2D eigenvalue weighted by atomic mass is 32.2. The van der Waals surface area contributed by atoms with Crippen LogP contribution in [0.2, 0.25) is 0 Å². The standard InChI is InChI=1S/C22H22F2N2O4S/c1-22(2,3)13-30-20-17(14-5-8-16(9-6-14)31(4,28)29)12-25-26(21(20)27)15-7-10-18(23)19(24)11-15/h5-12H,13H2,1-4H3. The summed E-state index contributed by atoms with van der Waals surface area (Å²) in [5, 5.41) is 4.09. The minimum Gasteiger partial charge on any atom is -0.487 e. The molecule has 3 rings (SSSR count). The van der Waals surface area contributed by atoms with Crippen LogP contribution in [0.3, 0.4) is 0 Å². The summed E-state index contributed by atoms with van der Waals surface area (Å²) in [6.07, 6.45) is 2.47. The van der Waals surface area contributed by atoms with Gasteiger partial charge in [0.25, 0.3) is 0 Å². The van der Waals surface area contributed by atoms with Gasteiger partial charge in [0.2, 0.25) is 0 Å². The summed E-state index contributed by atoms with van der Waals surface area (Å²) in [4.78, 5) is 13.3. The van der Waals surface area contributed by atoms with Crippen LogP contribution in [0.1, 0.15) is 20.8 Å². The van der Waals surface area contributed by atoms with Crippen LogP contribution in [0.15, 0.2) is 58.4 Å². The molecule has 0 unspecified atom stereocenters. The predicted octanol–water partition coefficient (Wildman–Crippen LogP) is 4.01. The summed E-state index contributed by atoms with van der Waals surface area (Å²) in [6.45, 7) is 6.01. The van der Waals surface area contributed by atoms with Gasteiger partial charge in [0.15, 0.2) is 27.2 Å². The molecule has 0 aliphatic heterocycles. The summed E-state index contributed by atoms with van der Waals surface area (Å²) in [5.74, 6) is -2.17. The third-order valence-corrected chi connectivity index (χ3v) is 5.45. The van der Waals surface area contributed by atoms with E-state index in [4.69, 9.17) is 4.74 Å². The van der Waals surface area contributed by atoms with E-state index in [1.54, 1.807) is 12.1 Å². The van der Waals surface area contributed by atoms with Crippen LogP contribution in [0, 0.1) is 17.0 Å². The summed E-state index contributed by atoms with van der Waals surface area (Å²) in [6, 6.07) is 8.99. The number of rotatable bonds is 5. The van der Waals surface area contributed by atoms with E-state index in [9.17, 15) is 22.0 Å². The lowest BCUT2D eigenvalue weighted by Crippen LogP contribution is -2.26. The second-order valence-electron chi connectivity index (χ2n) is 8.35. The fraction of sp³-hybridized carbons (Fsp3) is 0.273. The van der Waals surface area contributed by atoms with Gasteiger partial charge in [-0.2, -0.15) is 9.78 Å². The second kappa shape index (κ2) is 8.22. The van der Waals surface area contributed by atoms with E-state index >= 15 is 0 Å². The van der Waals surface area contributed by atoms with E-state index in [0.717, 1.165) is 23.1 Å². The Morgan fingerprint density at radius 1 is 1.03 bits per heavy atom. The van der Waals surface area contributed by atoms with E-state index in [-0.39, 0.29) is 28.4 Å². The number of benzene rings is 2. The van der Waals surface area contributed by atoms with Crippen LogP contribution in [-0.2, 0) is 9.84 Å². The van der Waals surface area contributed by atoms with Gasteiger partial charge in [0, 0.05) is 17.9 Å². The van der Waals surface area contributed by atoms with Gasteiger partial charge in [-0.15, -0.1) is 0 Å². The summed E-state index contributed by atoms with van der Waals surface area (Å²) in [7, 11) is -3.38. The average molecular weight is 448 g/mol. The van der Waals surface area contributed by atoms with Crippen LogP contribution in [0.5, 0.6) is 5.75 Å². The molecule has 0 aliphatic carbocycles. The first kappa shape index (κ1) is 22.6. The van der Waals surface area contributed by atoms with Gasteiger partial charge >= 0.3 is 5.56 Å². The molecule has 0 N–H and O–H groups in total. The first-order chi connectivity index (χ1) is 14.4. The molecule has 164 valence electrons. The van der Waals surface area contributed by atoms with Crippen LogP contribution in [0.25, 0.3) is 16.8 Å². The molecular formula is C22H22F2N2O4S. The van der Waals surface area contributed by atoms with Crippen molar-refractivity contribution in [1.29, 1.82) is 0 Å². The molecule has 3 aromatic rings. The van der Waals surface area contributed by atoms with Gasteiger partial charge in [0.1, 0.15) is 0 Å². The van der Waals surface area contributed by atoms with Gasteiger partial charge in [0.05, 0.1) is 23.4 Å². The van der Waals surface area contributed by atoms with Crippen molar-refractivity contribution in [2.75, 3.05) is 12.9 Å². The topological polar surface area (TPSA) is 78.3 Å². The largest absolute Gasteiger partial charge is 0.487 e. The smallest absolute Gasteiger partial charge is 0.314 e. The van der Waals surface area contributed by atoms with Crippen molar-refractivity contribution in [3.63, 3.8) is 0 Å². The van der Waals surface area contributed by atoms with E-state index in [1.807, 2.05) is 20.8 Å². The quantitative estimate of drug-likeness (QED) is 0.590. The molecule has 2 aromatic carbocycles. The maximum Gasteiger partial charge on any atom is 0.314 e. The van der Waals surface area contributed by atoms with E-state index in [0.29, 0.717) is 11.1 Å². The first-order valence-electron chi connectivity index (χ1n) is 9.38. The SMILES string of the molecule is CC(C)(C)COc1c(-c2ccc(S(C)(=O)=O)cc2)cnn(-c2ccc(F)c(F)c2)c1=O. The number of hydrogen-bond donors (Lipinski definition) is 0. The Labute approximate surface area is 179 Å². The summed E-state index contributed by atoms with van der Waals surface area (Å²) < 4.78 is 57.2. The van der Waals surface area contributed by atoms with Crippen molar-refractivity contribution in [2.24, 2.45) is 5.41 Å². The number of halogens is 2. The van der Waals surface area contributed by atoms with Crippen molar-refractivity contribution in [1.82, 2.24) is 9.78 Å². The van der Waals surface area contributed by atoms with Crippen molar-refractivity contribution in [3.05, 3.63) is 70.6 Å². The number of ether oxygens (including phenoxy) is 1. The van der Waals surface area contributed by atoms with Gasteiger partial charge in [-0.05, 0) is 35.2 Å². The molecule has 0 spiro atoms. The Kier molecular flexibility index (Phi) is 6.00. The lowest BCUT2D eigenvalue weighted by molar-refractivity contribution is 0.195.